The van der Waals surface area contributed by atoms with Crippen LogP contribution in [0.1, 0.15) is 11.5 Å². The highest BCUT2D eigenvalue weighted by Gasteiger charge is 2.10. The minimum Gasteiger partial charge on any atom is -0.497 e. The van der Waals surface area contributed by atoms with Crippen LogP contribution in [0.2, 0.25) is 0 Å². The minimum atomic E-state index is 0.213. The number of aromatic nitrogens is 2. The third kappa shape index (κ3) is 3.71. The molecule has 0 spiro atoms. The van der Waals surface area contributed by atoms with Crippen molar-refractivity contribution in [2.24, 2.45) is 0 Å². The molecule has 0 fully saturated rings. The average Bonchev–Trinajstić information content (AvgIpc) is 3.03. The predicted molar refractivity (Wildman–Crippen MR) is 89.5 cm³/mol. The molecule has 0 saturated heterocycles. The summed E-state index contributed by atoms with van der Waals surface area (Å²) in [5, 5.41) is 3.97. The van der Waals surface area contributed by atoms with Gasteiger partial charge >= 0.3 is 0 Å². The van der Waals surface area contributed by atoms with E-state index in [4.69, 9.17) is 14.0 Å². The second-order valence-electron chi connectivity index (χ2n) is 4.96. The van der Waals surface area contributed by atoms with Gasteiger partial charge in [-0.05, 0) is 64.8 Å². The van der Waals surface area contributed by atoms with E-state index in [1.807, 2.05) is 49.4 Å². The smallest absolute Gasteiger partial charge is 0.264 e. The lowest BCUT2D eigenvalue weighted by Crippen LogP contribution is -1.96. The minimum absolute atomic E-state index is 0.213. The first-order valence-corrected chi connectivity index (χ1v) is 7.81. The summed E-state index contributed by atoms with van der Waals surface area (Å²) in [5.74, 6) is 2.46. The van der Waals surface area contributed by atoms with Crippen LogP contribution in [-0.4, -0.2) is 17.3 Å². The first kappa shape index (κ1) is 15.6. The number of hydrogen-bond acceptors (Lipinski definition) is 5. The van der Waals surface area contributed by atoms with Crippen molar-refractivity contribution >= 4 is 15.9 Å². The zero-order chi connectivity index (χ0) is 16.2. The number of rotatable bonds is 5. The second-order valence-corrected chi connectivity index (χ2v) is 5.82. The van der Waals surface area contributed by atoms with Crippen molar-refractivity contribution in [3.8, 4) is 22.9 Å². The Hall–Kier alpha value is -2.34. The standard InChI is InChI=1S/C17H15BrN2O3/c1-11-3-8-15(14(18)9-11)22-10-16-19-17(20-23-16)12-4-6-13(21-2)7-5-12/h3-9H,10H2,1-2H3. The highest BCUT2D eigenvalue weighted by molar-refractivity contribution is 9.10. The Labute approximate surface area is 142 Å². The van der Waals surface area contributed by atoms with Crippen LogP contribution in [0.4, 0.5) is 0 Å². The maximum atomic E-state index is 5.70. The fraction of sp³-hybridized carbons (Fsp3) is 0.176. The maximum Gasteiger partial charge on any atom is 0.264 e. The highest BCUT2D eigenvalue weighted by Crippen LogP contribution is 2.26. The number of ether oxygens (including phenoxy) is 2. The molecule has 0 aliphatic heterocycles. The van der Waals surface area contributed by atoms with Gasteiger partial charge in [0, 0.05) is 5.56 Å². The van der Waals surface area contributed by atoms with Gasteiger partial charge in [0.15, 0.2) is 6.61 Å². The normalized spacial score (nSPS) is 10.6. The molecule has 0 aliphatic carbocycles. The lowest BCUT2D eigenvalue weighted by atomic mass is 10.2. The van der Waals surface area contributed by atoms with Crippen LogP contribution in [0, 0.1) is 6.92 Å². The van der Waals surface area contributed by atoms with Crippen LogP contribution >= 0.6 is 15.9 Å². The predicted octanol–water partition coefficient (Wildman–Crippen LogP) is 4.40. The van der Waals surface area contributed by atoms with Crippen LogP contribution in [-0.2, 0) is 6.61 Å². The van der Waals surface area contributed by atoms with Gasteiger partial charge in [0.25, 0.3) is 5.89 Å². The molecular weight excluding hydrogens is 360 g/mol. The van der Waals surface area contributed by atoms with Gasteiger partial charge in [-0.1, -0.05) is 11.2 Å². The molecule has 0 amide bonds. The van der Waals surface area contributed by atoms with Gasteiger partial charge in [-0.15, -0.1) is 0 Å². The molecule has 0 N–H and O–H groups in total. The second kappa shape index (κ2) is 6.83. The van der Waals surface area contributed by atoms with E-state index in [9.17, 15) is 0 Å². The van der Waals surface area contributed by atoms with Gasteiger partial charge < -0.3 is 14.0 Å². The summed E-state index contributed by atoms with van der Waals surface area (Å²) in [6.07, 6.45) is 0. The van der Waals surface area contributed by atoms with E-state index in [1.165, 1.54) is 0 Å². The summed E-state index contributed by atoms with van der Waals surface area (Å²) < 4.78 is 17.0. The van der Waals surface area contributed by atoms with Crippen LogP contribution in [0.3, 0.4) is 0 Å². The van der Waals surface area contributed by atoms with Crippen molar-refractivity contribution < 1.29 is 14.0 Å². The molecule has 1 heterocycles. The topological polar surface area (TPSA) is 57.4 Å². The van der Waals surface area contributed by atoms with Crippen molar-refractivity contribution in [2.45, 2.75) is 13.5 Å². The number of nitrogens with zero attached hydrogens (tertiary/aromatic N) is 2. The van der Waals surface area contributed by atoms with Gasteiger partial charge in [-0.2, -0.15) is 4.98 Å². The van der Waals surface area contributed by atoms with Crippen molar-refractivity contribution in [3.05, 3.63) is 58.4 Å². The summed E-state index contributed by atoms with van der Waals surface area (Å²) in [7, 11) is 1.63. The van der Waals surface area contributed by atoms with E-state index in [0.717, 1.165) is 27.1 Å². The summed E-state index contributed by atoms with van der Waals surface area (Å²) in [4.78, 5) is 4.34. The molecule has 1 aromatic heterocycles. The lowest BCUT2D eigenvalue weighted by molar-refractivity contribution is 0.242. The molecule has 5 nitrogen and oxygen atoms in total. The van der Waals surface area contributed by atoms with E-state index < -0.39 is 0 Å². The third-order valence-electron chi connectivity index (χ3n) is 3.25. The van der Waals surface area contributed by atoms with Gasteiger partial charge in [0.2, 0.25) is 5.82 Å². The van der Waals surface area contributed by atoms with Crippen molar-refractivity contribution in [3.63, 3.8) is 0 Å². The van der Waals surface area contributed by atoms with Crippen molar-refractivity contribution in [1.29, 1.82) is 0 Å². The Morgan fingerprint density at radius 1 is 1.13 bits per heavy atom. The fourth-order valence-electron chi connectivity index (χ4n) is 2.03. The Morgan fingerprint density at radius 2 is 1.91 bits per heavy atom. The number of hydrogen-bond donors (Lipinski definition) is 0. The maximum absolute atomic E-state index is 5.70. The molecule has 0 unspecified atom stereocenters. The van der Waals surface area contributed by atoms with Gasteiger partial charge in [-0.25, -0.2) is 0 Å². The first-order chi connectivity index (χ1) is 11.2. The van der Waals surface area contributed by atoms with Crippen LogP contribution in [0.25, 0.3) is 11.4 Å². The number of benzene rings is 2. The Bertz CT molecular complexity index is 800. The molecular formula is C17H15BrN2O3. The van der Waals surface area contributed by atoms with Crippen LogP contribution in [0.5, 0.6) is 11.5 Å². The molecule has 118 valence electrons. The molecule has 0 aliphatic rings. The van der Waals surface area contributed by atoms with Crippen LogP contribution < -0.4 is 9.47 Å². The van der Waals surface area contributed by atoms with E-state index in [2.05, 4.69) is 26.1 Å². The van der Waals surface area contributed by atoms with E-state index in [-0.39, 0.29) is 6.61 Å². The van der Waals surface area contributed by atoms with E-state index in [0.29, 0.717) is 11.7 Å². The lowest BCUT2D eigenvalue weighted by Gasteiger charge is -2.06. The zero-order valence-electron chi connectivity index (χ0n) is 12.7. The summed E-state index contributed by atoms with van der Waals surface area (Å²) in [5.41, 5.74) is 2.01. The largest absolute Gasteiger partial charge is 0.497 e. The summed E-state index contributed by atoms with van der Waals surface area (Å²) in [6.45, 7) is 2.23. The van der Waals surface area contributed by atoms with Gasteiger partial charge in [0.1, 0.15) is 11.5 Å². The molecule has 3 aromatic rings. The monoisotopic (exact) mass is 374 g/mol. The van der Waals surface area contributed by atoms with Crippen molar-refractivity contribution in [1.82, 2.24) is 10.1 Å². The SMILES string of the molecule is COc1ccc(-c2noc(COc3ccc(C)cc3Br)n2)cc1. The molecule has 0 bridgehead atoms. The number of methoxy groups -OCH3 is 1. The Kier molecular flexibility index (Phi) is 4.62. The van der Waals surface area contributed by atoms with Crippen LogP contribution in [0.15, 0.2) is 51.5 Å². The average molecular weight is 375 g/mol. The van der Waals surface area contributed by atoms with Gasteiger partial charge in [-0.3, -0.25) is 0 Å². The third-order valence-corrected chi connectivity index (χ3v) is 3.87. The first-order valence-electron chi connectivity index (χ1n) is 7.01. The molecule has 6 heteroatoms. The number of halogens is 1. The molecule has 0 atom stereocenters. The van der Waals surface area contributed by atoms with E-state index in [1.54, 1.807) is 7.11 Å². The van der Waals surface area contributed by atoms with Gasteiger partial charge in [0.05, 0.1) is 11.6 Å². The van der Waals surface area contributed by atoms with Crippen molar-refractivity contribution in [2.75, 3.05) is 7.11 Å². The quantitative estimate of drug-likeness (QED) is 0.662. The zero-order valence-corrected chi connectivity index (χ0v) is 14.3. The molecule has 3 rings (SSSR count). The highest BCUT2D eigenvalue weighted by atomic mass is 79.9. The Morgan fingerprint density at radius 3 is 2.61 bits per heavy atom. The molecule has 0 radical (unpaired) electrons. The Balaban J connectivity index is 1.69. The molecule has 23 heavy (non-hydrogen) atoms. The summed E-state index contributed by atoms with van der Waals surface area (Å²) in [6, 6.07) is 13.3. The summed E-state index contributed by atoms with van der Waals surface area (Å²) >= 11 is 3.47. The fourth-order valence-corrected chi connectivity index (χ4v) is 2.64. The number of aryl methyl sites for hydroxylation is 1. The molecule has 2 aromatic carbocycles. The molecule has 0 saturated carbocycles. The van der Waals surface area contributed by atoms with E-state index >= 15 is 0 Å².